The van der Waals surface area contributed by atoms with Crippen LogP contribution in [0.1, 0.15) is 12.0 Å². The predicted octanol–water partition coefficient (Wildman–Crippen LogP) is 1.53. The molecule has 0 fully saturated rings. The van der Waals surface area contributed by atoms with Crippen molar-refractivity contribution >= 4 is 6.29 Å². The second-order valence-corrected chi connectivity index (χ2v) is 2.71. The quantitative estimate of drug-likeness (QED) is 0.715. The molecule has 0 amide bonds. The van der Waals surface area contributed by atoms with Crippen molar-refractivity contribution < 1.29 is 14.6 Å². The fourth-order valence-corrected chi connectivity index (χ4v) is 1.10. The highest BCUT2D eigenvalue weighted by molar-refractivity contribution is 5.50. The van der Waals surface area contributed by atoms with E-state index < -0.39 is 0 Å². The second kappa shape index (κ2) is 4.50. The van der Waals surface area contributed by atoms with Crippen molar-refractivity contribution in [2.24, 2.45) is 0 Å². The first-order valence-electron chi connectivity index (χ1n) is 4.07. The zero-order chi connectivity index (χ0) is 9.68. The number of ether oxygens (including phenoxy) is 1. The Hall–Kier alpha value is -1.51. The first-order valence-corrected chi connectivity index (χ1v) is 4.07. The number of aromatic hydroxyl groups is 1. The number of methoxy groups -OCH3 is 1. The van der Waals surface area contributed by atoms with Crippen LogP contribution in [0.2, 0.25) is 0 Å². The van der Waals surface area contributed by atoms with Crippen molar-refractivity contribution in [1.29, 1.82) is 0 Å². The number of rotatable bonds is 4. The van der Waals surface area contributed by atoms with Crippen molar-refractivity contribution in [3.05, 3.63) is 23.8 Å². The van der Waals surface area contributed by atoms with Crippen molar-refractivity contribution in [2.45, 2.75) is 12.8 Å². The second-order valence-electron chi connectivity index (χ2n) is 2.71. The lowest BCUT2D eigenvalue weighted by Crippen LogP contribution is -1.89. The largest absolute Gasteiger partial charge is 0.504 e. The SMILES string of the molecule is COc1cc(CCC=O)ccc1O. The summed E-state index contributed by atoms with van der Waals surface area (Å²) in [7, 11) is 1.50. The zero-order valence-electron chi connectivity index (χ0n) is 7.49. The lowest BCUT2D eigenvalue weighted by Gasteiger charge is -2.04. The minimum Gasteiger partial charge on any atom is -0.504 e. The molecule has 0 unspecified atom stereocenters. The Labute approximate surface area is 77.0 Å². The van der Waals surface area contributed by atoms with Gasteiger partial charge in [0.1, 0.15) is 6.29 Å². The van der Waals surface area contributed by atoms with Crippen molar-refractivity contribution in [1.82, 2.24) is 0 Å². The molecule has 0 spiro atoms. The van der Waals surface area contributed by atoms with Crippen LogP contribution in [0.3, 0.4) is 0 Å². The molecule has 3 nitrogen and oxygen atoms in total. The molecule has 0 saturated heterocycles. The maximum absolute atomic E-state index is 10.1. The summed E-state index contributed by atoms with van der Waals surface area (Å²) in [5.74, 6) is 0.570. The summed E-state index contributed by atoms with van der Waals surface area (Å²) < 4.78 is 4.93. The number of carbonyl (C=O) groups is 1. The Morgan fingerprint density at radius 2 is 2.31 bits per heavy atom. The van der Waals surface area contributed by atoms with E-state index >= 15 is 0 Å². The Morgan fingerprint density at radius 3 is 2.92 bits per heavy atom. The number of carbonyl (C=O) groups excluding carboxylic acids is 1. The van der Waals surface area contributed by atoms with E-state index in [1.807, 2.05) is 0 Å². The van der Waals surface area contributed by atoms with Crippen LogP contribution in [-0.4, -0.2) is 18.5 Å². The van der Waals surface area contributed by atoms with E-state index in [2.05, 4.69) is 0 Å². The van der Waals surface area contributed by atoms with E-state index in [-0.39, 0.29) is 5.75 Å². The third-order valence-electron chi connectivity index (χ3n) is 1.79. The van der Waals surface area contributed by atoms with Crippen LogP contribution in [0.25, 0.3) is 0 Å². The first kappa shape index (κ1) is 9.58. The molecule has 0 bridgehead atoms. The van der Waals surface area contributed by atoms with Crippen LogP contribution in [0, 0.1) is 0 Å². The first-order chi connectivity index (χ1) is 6.27. The molecule has 13 heavy (non-hydrogen) atoms. The van der Waals surface area contributed by atoms with E-state index in [4.69, 9.17) is 4.74 Å². The fraction of sp³-hybridized carbons (Fsp3) is 0.300. The average molecular weight is 180 g/mol. The summed E-state index contributed by atoms with van der Waals surface area (Å²) in [6.07, 6.45) is 2.05. The number of aldehydes is 1. The van der Waals surface area contributed by atoms with Crippen LogP contribution >= 0.6 is 0 Å². The normalized spacial score (nSPS) is 9.62. The van der Waals surface area contributed by atoms with Crippen LogP contribution in [-0.2, 0) is 11.2 Å². The van der Waals surface area contributed by atoms with Gasteiger partial charge in [-0.15, -0.1) is 0 Å². The molecule has 1 rings (SSSR count). The molecular weight excluding hydrogens is 168 g/mol. The fourth-order valence-electron chi connectivity index (χ4n) is 1.10. The van der Waals surface area contributed by atoms with Gasteiger partial charge in [-0.1, -0.05) is 6.07 Å². The molecule has 0 aliphatic rings. The Morgan fingerprint density at radius 1 is 1.54 bits per heavy atom. The molecule has 0 aromatic heterocycles. The van der Waals surface area contributed by atoms with Gasteiger partial charge in [0, 0.05) is 6.42 Å². The lowest BCUT2D eigenvalue weighted by molar-refractivity contribution is -0.107. The van der Waals surface area contributed by atoms with Gasteiger partial charge in [-0.2, -0.15) is 0 Å². The summed E-state index contributed by atoms with van der Waals surface area (Å²) in [5, 5.41) is 9.27. The van der Waals surface area contributed by atoms with Gasteiger partial charge >= 0.3 is 0 Å². The number of benzene rings is 1. The summed E-state index contributed by atoms with van der Waals surface area (Å²) in [5.41, 5.74) is 0.988. The summed E-state index contributed by atoms with van der Waals surface area (Å²) in [4.78, 5) is 10.1. The van der Waals surface area contributed by atoms with Crippen LogP contribution in [0.4, 0.5) is 0 Å². The monoisotopic (exact) mass is 180 g/mol. The van der Waals surface area contributed by atoms with Gasteiger partial charge in [0.05, 0.1) is 7.11 Å². The van der Waals surface area contributed by atoms with E-state index in [9.17, 15) is 9.90 Å². The molecule has 1 aromatic carbocycles. The molecule has 0 aliphatic carbocycles. The molecule has 0 aliphatic heterocycles. The highest BCUT2D eigenvalue weighted by atomic mass is 16.5. The number of aryl methyl sites for hydroxylation is 1. The highest BCUT2D eigenvalue weighted by Crippen LogP contribution is 2.26. The van der Waals surface area contributed by atoms with E-state index in [0.29, 0.717) is 18.6 Å². The minimum absolute atomic E-state index is 0.123. The van der Waals surface area contributed by atoms with Gasteiger partial charge in [-0.05, 0) is 24.1 Å². The molecule has 0 atom stereocenters. The third kappa shape index (κ3) is 2.47. The van der Waals surface area contributed by atoms with Crippen LogP contribution in [0.15, 0.2) is 18.2 Å². The molecule has 0 saturated carbocycles. The van der Waals surface area contributed by atoms with Gasteiger partial charge in [0.15, 0.2) is 11.5 Å². The Kier molecular flexibility index (Phi) is 3.31. The summed E-state index contributed by atoms with van der Waals surface area (Å²) in [6, 6.07) is 5.08. The maximum Gasteiger partial charge on any atom is 0.160 e. The van der Waals surface area contributed by atoms with Gasteiger partial charge in [0.2, 0.25) is 0 Å². The standard InChI is InChI=1S/C10H12O3/c1-13-10-7-8(3-2-6-11)4-5-9(10)12/h4-7,12H,2-3H2,1H3. The Bertz CT molecular complexity index is 294. The average Bonchev–Trinajstić information content (AvgIpc) is 2.16. The zero-order valence-corrected chi connectivity index (χ0v) is 7.49. The van der Waals surface area contributed by atoms with Crippen LogP contribution < -0.4 is 4.74 Å². The number of phenolic OH excluding ortho intramolecular Hbond substituents is 1. The number of hydrogen-bond donors (Lipinski definition) is 1. The highest BCUT2D eigenvalue weighted by Gasteiger charge is 2.01. The maximum atomic E-state index is 10.1. The van der Waals surface area contributed by atoms with E-state index in [0.717, 1.165) is 11.8 Å². The van der Waals surface area contributed by atoms with Gasteiger partial charge in [-0.25, -0.2) is 0 Å². The number of hydrogen-bond acceptors (Lipinski definition) is 3. The van der Waals surface area contributed by atoms with E-state index in [1.54, 1.807) is 18.2 Å². The molecule has 1 aromatic rings. The predicted molar refractivity (Wildman–Crippen MR) is 49.0 cm³/mol. The van der Waals surface area contributed by atoms with Crippen molar-refractivity contribution in [3.63, 3.8) is 0 Å². The minimum atomic E-state index is 0.123. The van der Waals surface area contributed by atoms with Crippen molar-refractivity contribution in [2.75, 3.05) is 7.11 Å². The summed E-state index contributed by atoms with van der Waals surface area (Å²) >= 11 is 0. The smallest absolute Gasteiger partial charge is 0.160 e. The van der Waals surface area contributed by atoms with Gasteiger partial charge in [0.25, 0.3) is 0 Å². The van der Waals surface area contributed by atoms with E-state index in [1.165, 1.54) is 7.11 Å². The third-order valence-corrected chi connectivity index (χ3v) is 1.79. The summed E-state index contributed by atoms with van der Waals surface area (Å²) in [6.45, 7) is 0. The molecule has 0 radical (unpaired) electrons. The van der Waals surface area contributed by atoms with Crippen molar-refractivity contribution in [3.8, 4) is 11.5 Å². The van der Waals surface area contributed by atoms with Gasteiger partial charge < -0.3 is 14.6 Å². The molecule has 3 heteroatoms. The number of phenols is 1. The molecule has 70 valence electrons. The molecule has 0 heterocycles. The molecule has 1 N–H and O–H groups in total. The molecular formula is C10H12O3. The Balaban J connectivity index is 2.79. The topological polar surface area (TPSA) is 46.5 Å². The van der Waals surface area contributed by atoms with Crippen LogP contribution in [0.5, 0.6) is 11.5 Å². The lowest BCUT2D eigenvalue weighted by atomic mass is 10.1. The van der Waals surface area contributed by atoms with Gasteiger partial charge in [-0.3, -0.25) is 0 Å².